The zero-order valence-corrected chi connectivity index (χ0v) is 15.5. The molecule has 1 amide bonds. The van der Waals surface area contributed by atoms with Gasteiger partial charge in [0.05, 0.1) is 11.3 Å². The van der Waals surface area contributed by atoms with Gasteiger partial charge in [-0.2, -0.15) is 0 Å². The fraction of sp³-hybridized carbons (Fsp3) is 0.294. The monoisotopic (exact) mass is 394 g/mol. The number of hydrogen-bond acceptors (Lipinski definition) is 6. The summed E-state index contributed by atoms with van der Waals surface area (Å²) in [5, 5.41) is 7.07. The first-order valence-electron chi connectivity index (χ1n) is 7.99. The molecule has 0 bridgehead atoms. The van der Waals surface area contributed by atoms with Gasteiger partial charge in [0.1, 0.15) is 0 Å². The Morgan fingerprint density at radius 3 is 2.77 bits per heavy atom. The molecule has 0 spiro atoms. The quantitative estimate of drug-likeness (QED) is 0.747. The van der Waals surface area contributed by atoms with Crippen molar-refractivity contribution in [3.63, 3.8) is 0 Å². The molecule has 9 heteroatoms. The standard InChI is InChI=1S/C17H18N2O5S2/c18-26(22,23)14-4-5-15-12(10-14)7-8-19(15)16(20)11-24-17(21)6-3-13-2-1-9-25-13/h1-2,4-5,9-10H,3,6-8,11H2,(H2,18,22,23). The summed E-state index contributed by atoms with van der Waals surface area (Å²) in [5.74, 6) is -0.757. The molecule has 2 N–H and O–H groups in total. The van der Waals surface area contributed by atoms with Crippen LogP contribution in [0.25, 0.3) is 0 Å². The number of benzene rings is 1. The second-order valence-electron chi connectivity index (χ2n) is 5.87. The second kappa shape index (κ2) is 7.56. The molecule has 3 rings (SSSR count). The van der Waals surface area contributed by atoms with Gasteiger partial charge < -0.3 is 9.64 Å². The number of anilines is 1. The summed E-state index contributed by atoms with van der Waals surface area (Å²) >= 11 is 1.57. The van der Waals surface area contributed by atoms with Crippen LogP contribution < -0.4 is 10.0 Å². The summed E-state index contributed by atoms with van der Waals surface area (Å²) in [6.07, 6.45) is 1.34. The second-order valence-corrected chi connectivity index (χ2v) is 8.46. The van der Waals surface area contributed by atoms with E-state index in [4.69, 9.17) is 9.88 Å². The number of amides is 1. The predicted octanol–water partition coefficient (Wildman–Crippen LogP) is 1.46. The number of aryl methyl sites for hydroxylation is 1. The van der Waals surface area contributed by atoms with Crippen molar-refractivity contribution in [1.82, 2.24) is 0 Å². The maximum atomic E-state index is 12.3. The highest BCUT2D eigenvalue weighted by Crippen LogP contribution is 2.30. The van der Waals surface area contributed by atoms with Crippen LogP contribution >= 0.6 is 11.3 Å². The normalized spacial score (nSPS) is 13.5. The van der Waals surface area contributed by atoms with Gasteiger partial charge in [0, 0.05) is 17.1 Å². The molecule has 0 radical (unpaired) electrons. The van der Waals surface area contributed by atoms with Crippen molar-refractivity contribution < 1.29 is 22.7 Å². The highest BCUT2D eigenvalue weighted by Gasteiger charge is 2.26. The Bertz CT molecular complexity index is 923. The molecule has 138 valence electrons. The molecule has 0 saturated heterocycles. The summed E-state index contributed by atoms with van der Waals surface area (Å²) in [7, 11) is -3.78. The van der Waals surface area contributed by atoms with Crippen LogP contribution in [0.3, 0.4) is 0 Å². The van der Waals surface area contributed by atoms with Gasteiger partial charge >= 0.3 is 5.97 Å². The average Bonchev–Trinajstić information content (AvgIpc) is 3.25. The van der Waals surface area contributed by atoms with Crippen molar-refractivity contribution >= 4 is 38.9 Å². The molecule has 0 atom stereocenters. The number of sulfonamides is 1. The molecule has 26 heavy (non-hydrogen) atoms. The minimum absolute atomic E-state index is 0.0190. The number of esters is 1. The zero-order valence-electron chi connectivity index (χ0n) is 13.9. The molecule has 1 aliphatic rings. The van der Waals surface area contributed by atoms with Gasteiger partial charge in [-0.25, -0.2) is 13.6 Å². The molecular weight excluding hydrogens is 376 g/mol. The fourth-order valence-electron chi connectivity index (χ4n) is 2.79. The molecule has 2 aromatic rings. The number of primary sulfonamides is 1. The van der Waals surface area contributed by atoms with Crippen LogP contribution in [0.4, 0.5) is 5.69 Å². The molecule has 1 aromatic heterocycles. The molecule has 7 nitrogen and oxygen atoms in total. The van der Waals surface area contributed by atoms with Gasteiger partial charge in [0.25, 0.3) is 5.91 Å². The van der Waals surface area contributed by atoms with Crippen LogP contribution in [-0.2, 0) is 37.2 Å². The Hall–Kier alpha value is -2.23. The lowest BCUT2D eigenvalue weighted by molar-refractivity contribution is -0.147. The smallest absolute Gasteiger partial charge is 0.306 e. The van der Waals surface area contributed by atoms with E-state index in [0.717, 1.165) is 10.4 Å². The van der Waals surface area contributed by atoms with Crippen molar-refractivity contribution in [2.75, 3.05) is 18.1 Å². The lowest BCUT2D eigenvalue weighted by atomic mass is 10.2. The third kappa shape index (κ3) is 4.29. The lowest BCUT2D eigenvalue weighted by Gasteiger charge is -2.17. The first-order chi connectivity index (χ1) is 12.3. The van der Waals surface area contributed by atoms with E-state index in [9.17, 15) is 18.0 Å². The van der Waals surface area contributed by atoms with Crippen molar-refractivity contribution in [2.45, 2.75) is 24.2 Å². The number of carbonyl (C=O) groups is 2. The van der Waals surface area contributed by atoms with Gasteiger partial charge in [-0.05, 0) is 48.1 Å². The van der Waals surface area contributed by atoms with E-state index in [1.54, 1.807) is 17.4 Å². The number of thiophene rings is 1. The number of ether oxygens (including phenoxy) is 1. The van der Waals surface area contributed by atoms with Crippen LogP contribution in [0.2, 0.25) is 0 Å². The SMILES string of the molecule is NS(=O)(=O)c1ccc2c(c1)CCN2C(=O)COC(=O)CCc1cccs1. The summed E-state index contributed by atoms with van der Waals surface area (Å²) in [6, 6.07) is 8.26. The summed E-state index contributed by atoms with van der Waals surface area (Å²) in [6.45, 7) is 0.0780. The number of nitrogens with two attached hydrogens (primary N) is 1. The number of hydrogen-bond donors (Lipinski definition) is 1. The van der Waals surface area contributed by atoms with Crippen molar-refractivity contribution in [3.8, 4) is 0 Å². The Morgan fingerprint density at radius 1 is 1.27 bits per heavy atom. The third-order valence-corrected chi connectivity index (χ3v) is 5.94. The van der Waals surface area contributed by atoms with E-state index >= 15 is 0 Å². The van der Waals surface area contributed by atoms with Crippen molar-refractivity contribution in [3.05, 3.63) is 46.2 Å². The van der Waals surface area contributed by atoms with Gasteiger partial charge in [-0.3, -0.25) is 9.59 Å². The molecule has 0 unspecified atom stereocenters. The van der Waals surface area contributed by atoms with Gasteiger partial charge in [0.15, 0.2) is 6.61 Å². The van der Waals surface area contributed by atoms with E-state index in [1.807, 2.05) is 17.5 Å². The summed E-state index contributed by atoms with van der Waals surface area (Å²) in [4.78, 5) is 26.7. The predicted molar refractivity (Wildman–Crippen MR) is 97.5 cm³/mol. The van der Waals surface area contributed by atoms with Gasteiger partial charge in [-0.15, -0.1) is 11.3 Å². The fourth-order valence-corrected chi connectivity index (χ4v) is 4.06. The zero-order chi connectivity index (χ0) is 18.7. The molecule has 1 aliphatic heterocycles. The van der Waals surface area contributed by atoms with E-state index in [0.29, 0.717) is 25.1 Å². The molecule has 0 saturated carbocycles. The Kier molecular flexibility index (Phi) is 5.40. The van der Waals surface area contributed by atoms with Gasteiger partial charge in [0.2, 0.25) is 10.0 Å². The topological polar surface area (TPSA) is 107 Å². The molecule has 2 heterocycles. The highest BCUT2D eigenvalue weighted by molar-refractivity contribution is 7.89. The lowest BCUT2D eigenvalue weighted by Crippen LogP contribution is -2.33. The molecule has 0 fully saturated rings. The Labute approximate surface area is 155 Å². The van der Waals surface area contributed by atoms with Gasteiger partial charge in [-0.1, -0.05) is 6.07 Å². The van der Waals surface area contributed by atoms with Crippen LogP contribution in [-0.4, -0.2) is 33.4 Å². The number of nitrogens with zero attached hydrogens (tertiary/aromatic N) is 1. The minimum atomic E-state index is -3.78. The minimum Gasteiger partial charge on any atom is -0.456 e. The average molecular weight is 394 g/mol. The summed E-state index contributed by atoms with van der Waals surface area (Å²) < 4.78 is 27.9. The first-order valence-corrected chi connectivity index (χ1v) is 10.4. The third-order valence-electron chi connectivity index (χ3n) is 4.09. The molecule has 1 aromatic carbocycles. The number of fused-ring (bicyclic) bond motifs is 1. The molecule has 0 aliphatic carbocycles. The summed E-state index contributed by atoms with van der Waals surface area (Å²) in [5.41, 5.74) is 1.35. The highest BCUT2D eigenvalue weighted by atomic mass is 32.2. The Balaban J connectivity index is 1.56. The van der Waals surface area contributed by atoms with E-state index in [-0.39, 0.29) is 23.8 Å². The number of rotatable bonds is 6. The van der Waals surface area contributed by atoms with Crippen LogP contribution in [0.1, 0.15) is 16.9 Å². The van der Waals surface area contributed by atoms with Crippen molar-refractivity contribution in [1.29, 1.82) is 0 Å². The molecular formula is C17H18N2O5S2. The Morgan fingerprint density at radius 2 is 2.08 bits per heavy atom. The van der Waals surface area contributed by atoms with Crippen molar-refractivity contribution in [2.24, 2.45) is 5.14 Å². The van der Waals surface area contributed by atoms with Crippen LogP contribution in [0, 0.1) is 0 Å². The van der Waals surface area contributed by atoms with E-state index < -0.39 is 16.0 Å². The van der Waals surface area contributed by atoms with E-state index in [1.165, 1.54) is 17.0 Å². The van der Waals surface area contributed by atoms with Crippen LogP contribution in [0.15, 0.2) is 40.6 Å². The van der Waals surface area contributed by atoms with Crippen LogP contribution in [0.5, 0.6) is 0 Å². The maximum Gasteiger partial charge on any atom is 0.306 e. The first kappa shape index (κ1) is 18.6. The van der Waals surface area contributed by atoms with E-state index in [2.05, 4.69) is 0 Å². The maximum absolute atomic E-state index is 12.3. The largest absolute Gasteiger partial charge is 0.456 e. The number of carbonyl (C=O) groups excluding carboxylic acids is 2.